The van der Waals surface area contributed by atoms with Crippen LogP contribution in [0.2, 0.25) is 0 Å². The summed E-state index contributed by atoms with van der Waals surface area (Å²) in [5.41, 5.74) is -1.44. The Morgan fingerprint density at radius 3 is 2.33 bits per heavy atom. The second-order valence-electron chi connectivity index (χ2n) is 5.92. The molecular weight excluding hydrogens is 245 g/mol. The Hall–Kier alpha value is -1.00. The van der Waals surface area contributed by atoms with Gasteiger partial charge in [-0.15, -0.1) is 0 Å². The van der Waals surface area contributed by atoms with Crippen molar-refractivity contribution < 1.29 is 22.7 Å². The van der Waals surface area contributed by atoms with Gasteiger partial charge in [-0.3, -0.25) is 0 Å². The molecule has 1 aliphatic rings. The SMILES string of the molecule is C=C(C(=O)O[C@@H]1C[C@@H](C)CC(C)(C)C1)C(F)(F)F. The number of carbonyl (C=O) groups excluding carboxylic acids is 1. The Labute approximate surface area is 105 Å². The molecule has 1 saturated carbocycles. The van der Waals surface area contributed by atoms with E-state index in [0.29, 0.717) is 18.8 Å². The van der Waals surface area contributed by atoms with Crippen molar-refractivity contribution in [2.75, 3.05) is 0 Å². The van der Waals surface area contributed by atoms with Crippen LogP contribution in [0.25, 0.3) is 0 Å². The number of rotatable bonds is 2. The van der Waals surface area contributed by atoms with E-state index in [1.54, 1.807) is 0 Å². The molecule has 5 heteroatoms. The highest BCUT2D eigenvalue weighted by Crippen LogP contribution is 2.40. The maximum absolute atomic E-state index is 12.3. The van der Waals surface area contributed by atoms with Crippen molar-refractivity contribution in [3.63, 3.8) is 0 Å². The summed E-state index contributed by atoms with van der Waals surface area (Å²) in [7, 11) is 0. The minimum absolute atomic E-state index is 0.0117. The van der Waals surface area contributed by atoms with Crippen molar-refractivity contribution in [3.05, 3.63) is 12.2 Å². The van der Waals surface area contributed by atoms with E-state index in [-0.39, 0.29) is 5.41 Å². The van der Waals surface area contributed by atoms with Gasteiger partial charge in [0.05, 0.1) is 0 Å². The molecule has 0 spiro atoms. The standard InChI is InChI=1S/C13H19F3O2/c1-8-5-10(7-12(3,4)6-8)18-11(17)9(2)13(14,15)16/h8,10H,2,5-7H2,1,3-4H3/t8-,10-/m1/s1. The highest BCUT2D eigenvalue weighted by molar-refractivity contribution is 5.89. The third-order valence-electron chi connectivity index (χ3n) is 3.21. The summed E-state index contributed by atoms with van der Waals surface area (Å²) in [5, 5.41) is 0. The van der Waals surface area contributed by atoms with Gasteiger partial charge in [0, 0.05) is 0 Å². The summed E-state index contributed by atoms with van der Waals surface area (Å²) in [6.45, 7) is 8.82. The molecule has 0 aromatic carbocycles. The molecule has 0 unspecified atom stereocenters. The fourth-order valence-electron chi connectivity index (χ4n) is 2.69. The zero-order valence-electron chi connectivity index (χ0n) is 10.9. The quantitative estimate of drug-likeness (QED) is 0.559. The summed E-state index contributed by atoms with van der Waals surface area (Å²) >= 11 is 0. The van der Waals surface area contributed by atoms with Crippen LogP contribution >= 0.6 is 0 Å². The average molecular weight is 264 g/mol. The fourth-order valence-corrected chi connectivity index (χ4v) is 2.69. The molecule has 0 aromatic rings. The lowest BCUT2D eigenvalue weighted by Gasteiger charge is -2.38. The van der Waals surface area contributed by atoms with Crippen LogP contribution in [0, 0.1) is 11.3 Å². The number of alkyl halides is 3. The van der Waals surface area contributed by atoms with E-state index < -0.39 is 23.8 Å². The Bertz CT molecular complexity index is 345. The van der Waals surface area contributed by atoms with E-state index in [0.717, 1.165) is 6.42 Å². The monoisotopic (exact) mass is 264 g/mol. The smallest absolute Gasteiger partial charge is 0.422 e. The average Bonchev–Trinajstić information content (AvgIpc) is 2.11. The Balaban J connectivity index is 2.63. The lowest BCUT2D eigenvalue weighted by molar-refractivity contribution is -0.159. The van der Waals surface area contributed by atoms with Gasteiger partial charge in [0.1, 0.15) is 11.7 Å². The van der Waals surface area contributed by atoms with Crippen LogP contribution < -0.4 is 0 Å². The van der Waals surface area contributed by atoms with E-state index in [4.69, 9.17) is 4.74 Å². The predicted molar refractivity (Wildman–Crippen MR) is 61.9 cm³/mol. The van der Waals surface area contributed by atoms with E-state index in [1.165, 1.54) is 0 Å². The predicted octanol–water partition coefficient (Wildman–Crippen LogP) is 3.86. The zero-order valence-corrected chi connectivity index (χ0v) is 10.9. The molecule has 1 rings (SSSR count). The second kappa shape index (κ2) is 4.94. The summed E-state index contributed by atoms with van der Waals surface area (Å²) in [6, 6.07) is 0. The molecule has 18 heavy (non-hydrogen) atoms. The van der Waals surface area contributed by atoms with Gasteiger partial charge in [-0.25, -0.2) is 4.79 Å². The van der Waals surface area contributed by atoms with Gasteiger partial charge < -0.3 is 4.74 Å². The third kappa shape index (κ3) is 4.03. The van der Waals surface area contributed by atoms with Crippen LogP contribution in [0.15, 0.2) is 12.2 Å². The molecule has 1 fully saturated rings. The first-order chi connectivity index (χ1) is 8.01. The molecule has 0 radical (unpaired) electrons. The topological polar surface area (TPSA) is 26.3 Å². The van der Waals surface area contributed by atoms with Crippen LogP contribution in [-0.4, -0.2) is 18.2 Å². The zero-order chi connectivity index (χ0) is 14.1. The van der Waals surface area contributed by atoms with Gasteiger partial charge in [0.2, 0.25) is 0 Å². The highest BCUT2D eigenvalue weighted by Gasteiger charge is 2.40. The molecule has 2 atom stereocenters. The molecule has 2 nitrogen and oxygen atoms in total. The molecule has 0 aliphatic heterocycles. The van der Waals surface area contributed by atoms with E-state index in [9.17, 15) is 18.0 Å². The van der Waals surface area contributed by atoms with Crippen molar-refractivity contribution in [2.45, 2.75) is 52.3 Å². The lowest BCUT2D eigenvalue weighted by Crippen LogP contribution is -2.35. The fraction of sp³-hybridized carbons (Fsp3) is 0.769. The number of hydrogen-bond donors (Lipinski definition) is 0. The van der Waals surface area contributed by atoms with Gasteiger partial charge in [-0.05, 0) is 30.6 Å². The van der Waals surface area contributed by atoms with Crippen LogP contribution in [0.4, 0.5) is 13.2 Å². The number of esters is 1. The first-order valence-electron chi connectivity index (χ1n) is 5.98. The third-order valence-corrected chi connectivity index (χ3v) is 3.21. The summed E-state index contributed by atoms with van der Waals surface area (Å²) in [4.78, 5) is 11.3. The van der Waals surface area contributed by atoms with E-state index >= 15 is 0 Å². The van der Waals surface area contributed by atoms with Crippen molar-refractivity contribution in [1.82, 2.24) is 0 Å². The Kier molecular flexibility index (Phi) is 4.13. The van der Waals surface area contributed by atoms with Gasteiger partial charge >= 0.3 is 12.1 Å². The number of hydrogen-bond acceptors (Lipinski definition) is 2. The summed E-state index contributed by atoms with van der Waals surface area (Å²) in [5.74, 6) is -1.01. The molecule has 1 aliphatic carbocycles. The second-order valence-corrected chi connectivity index (χ2v) is 5.92. The summed E-state index contributed by atoms with van der Waals surface area (Å²) in [6.07, 6.45) is -2.97. The Morgan fingerprint density at radius 1 is 1.33 bits per heavy atom. The van der Waals surface area contributed by atoms with Crippen molar-refractivity contribution >= 4 is 5.97 Å². The van der Waals surface area contributed by atoms with Crippen LogP contribution in [0.5, 0.6) is 0 Å². The maximum atomic E-state index is 12.3. The normalized spacial score (nSPS) is 27.7. The number of carbonyl (C=O) groups is 1. The molecular formula is C13H19F3O2. The molecule has 0 heterocycles. The molecule has 0 saturated heterocycles. The first kappa shape index (κ1) is 15.1. The molecule has 0 N–H and O–H groups in total. The molecule has 104 valence electrons. The molecule has 0 amide bonds. The maximum Gasteiger partial charge on any atom is 0.422 e. The van der Waals surface area contributed by atoms with Gasteiger partial charge in [0.15, 0.2) is 0 Å². The Morgan fingerprint density at radius 2 is 1.89 bits per heavy atom. The molecule has 0 bridgehead atoms. The van der Waals surface area contributed by atoms with Crippen LogP contribution in [-0.2, 0) is 9.53 Å². The van der Waals surface area contributed by atoms with Crippen LogP contribution in [0.3, 0.4) is 0 Å². The van der Waals surface area contributed by atoms with Crippen molar-refractivity contribution in [1.29, 1.82) is 0 Å². The van der Waals surface area contributed by atoms with Crippen LogP contribution in [0.1, 0.15) is 40.0 Å². The highest BCUT2D eigenvalue weighted by atomic mass is 19.4. The van der Waals surface area contributed by atoms with Crippen molar-refractivity contribution in [3.8, 4) is 0 Å². The summed E-state index contributed by atoms with van der Waals surface area (Å²) < 4.78 is 41.8. The van der Waals surface area contributed by atoms with E-state index in [2.05, 4.69) is 6.58 Å². The van der Waals surface area contributed by atoms with Crippen molar-refractivity contribution in [2.24, 2.45) is 11.3 Å². The van der Waals surface area contributed by atoms with Gasteiger partial charge in [0.25, 0.3) is 0 Å². The largest absolute Gasteiger partial charge is 0.459 e. The van der Waals surface area contributed by atoms with Gasteiger partial charge in [-0.1, -0.05) is 27.4 Å². The van der Waals surface area contributed by atoms with Gasteiger partial charge in [-0.2, -0.15) is 13.2 Å². The number of halogens is 3. The lowest BCUT2D eigenvalue weighted by atomic mass is 9.71. The minimum Gasteiger partial charge on any atom is -0.459 e. The number of ether oxygens (including phenoxy) is 1. The minimum atomic E-state index is -4.72. The van der Waals surface area contributed by atoms with E-state index in [1.807, 2.05) is 20.8 Å². The molecule has 0 aromatic heterocycles. The first-order valence-corrected chi connectivity index (χ1v) is 5.98.